The molecule has 0 fully saturated rings. The van der Waals surface area contributed by atoms with Crippen LogP contribution in [0, 0.1) is 11.3 Å². The van der Waals surface area contributed by atoms with Gasteiger partial charge in [0.15, 0.2) is 0 Å². The summed E-state index contributed by atoms with van der Waals surface area (Å²) < 4.78 is 0. The average Bonchev–Trinajstić information content (AvgIpc) is 2.46. The van der Waals surface area contributed by atoms with E-state index in [2.05, 4.69) is 61.9 Å². The number of hydrogen-bond acceptors (Lipinski definition) is 3. The van der Waals surface area contributed by atoms with Crippen molar-refractivity contribution in [1.82, 2.24) is 9.97 Å². The van der Waals surface area contributed by atoms with Gasteiger partial charge in [-0.3, -0.25) is 0 Å². The van der Waals surface area contributed by atoms with Crippen LogP contribution in [0.2, 0.25) is 0 Å². The maximum atomic E-state index is 4.11. The van der Waals surface area contributed by atoms with Crippen LogP contribution in [-0.2, 0) is 12.8 Å². The molecule has 0 aliphatic carbocycles. The Morgan fingerprint density at radius 1 is 1.09 bits per heavy atom. The van der Waals surface area contributed by atoms with E-state index in [9.17, 15) is 0 Å². The van der Waals surface area contributed by atoms with Crippen molar-refractivity contribution in [3.05, 3.63) is 54.1 Å². The van der Waals surface area contributed by atoms with E-state index >= 15 is 0 Å². The molecule has 0 amide bonds. The van der Waals surface area contributed by atoms with Crippen molar-refractivity contribution in [3.8, 4) is 0 Å². The highest BCUT2D eigenvalue weighted by Gasteiger charge is 2.19. The summed E-state index contributed by atoms with van der Waals surface area (Å²) in [5.41, 5.74) is 2.87. The van der Waals surface area contributed by atoms with E-state index < -0.39 is 0 Å². The average molecular weight is 314 g/mol. The van der Waals surface area contributed by atoms with Gasteiger partial charge in [-0.15, -0.1) is 11.8 Å². The minimum absolute atomic E-state index is 0.226. The zero-order valence-corrected chi connectivity index (χ0v) is 14.9. The Bertz CT molecular complexity index is 579. The third kappa shape index (κ3) is 5.80. The van der Waals surface area contributed by atoms with Gasteiger partial charge in [0.25, 0.3) is 0 Å². The maximum absolute atomic E-state index is 4.11. The molecule has 118 valence electrons. The van der Waals surface area contributed by atoms with E-state index in [1.54, 1.807) is 6.33 Å². The topological polar surface area (TPSA) is 25.8 Å². The van der Waals surface area contributed by atoms with E-state index in [1.807, 2.05) is 24.2 Å². The molecule has 0 aliphatic heterocycles. The van der Waals surface area contributed by atoms with Crippen LogP contribution < -0.4 is 0 Å². The lowest BCUT2D eigenvalue weighted by Crippen LogP contribution is -2.18. The summed E-state index contributed by atoms with van der Waals surface area (Å²) in [7, 11) is 0. The molecule has 0 atom stereocenters. The van der Waals surface area contributed by atoms with Gasteiger partial charge in [-0.1, -0.05) is 39.8 Å². The van der Waals surface area contributed by atoms with Crippen LogP contribution >= 0.6 is 11.8 Å². The number of nitrogens with zero attached hydrogens (tertiary/aromatic N) is 2. The van der Waals surface area contributed by atoms with Gasteiger partial charge in [-0.25, -0.2) is 9.97 Å². The molecule has 0 N–H and O–H groups in total. The van der Waals surface area contributed by atoms with Crippen LogP contribution in [0.1, 0.15) is 38.8 Å². The van der Waals surface area contributed by atoms with Gasteiger partial charge < -0.3 is 0 Å². The summed E-state index contributed by atoms with van der Waals surface area (Å²) in [5, 5.41) is 0. The Labute approximate surface area is 138 Å². The SMILES string of the molecule is CC(C)Cc1cccc(SCC(C)(C)Cc2cncnc2)c1. The standard InChI is InChI=1S/C19H26N2S/c1-15(2)8-16-6-5-7-18(9-16)22-13-19(3,4)10-17-11-20-14-21-12-17/h5-7,9,11-12,14-15H,8,10,13H2,1-4H3. The van der Waals surface area contributed by atoms with E-state index in [1.165, 1.54) is 16.0 Å². The van der Waals surface area contributed by atoms with Gasteiger partial charge >= 0.3 is 0 Å². The molecule has 1 heterocycles. The lowest BCUT2D eigenvalue weighted by Gasteiger charge is -2.24. The molecule has 3 heteroatoms. The molecule has 0 bridgehead atoms. The number of rotatable bonds is 7. The Morgan fingerprint density at radius 3 is 2.50 bits per heavy atom. The molecular formula is C19H26N2S. The molecule has 22 heavy (non-hydrogen) atoms. The minimum Gasteiger partial charge on any atom is -0.245 e. The third-order valence-electron chi connectivity index (χ3n) is 3.47. The monoisotopic (exact) mass is 314 g/mol. The van der Waals surface area contributed by atoms with Gasteiger partial charge in [0.1, 0.15) is 6.33 Å². The predicted molar refractivity (Wildman–Crippen MR) is 95.2 cm³/mol. The molecule has 2 nitrogen and oxygen atoms in total. The Kier molecular flexibility index (Phi) is 6.01. The van der Waals surface area contributed by atoms with E-state index in [0.29, 0.717) is 5.92 Å². The molecular weight excluding hydrogens is 288 g/mol. The van der Waals surface area contributed by atoms with E-state index in [4.69, 9.17) is 0 Å². The molecule has 0 aliphatic rings. The number of thioether (sulfide) groups is 1. The van der Waals surface area contributed by atoms with Crippen molar-refractivity contribution in [2.75, 3.05) is 5.75 Å². The van der Waals surface area contributed by atoms with Crippen LogP contribution in [0.5, 0.6) is 0 Å². The first-order valence-corrected chi connectivity index (χ1v) is 8.89. The zero-order valence-electron chi connectivity index (χ0n) is 14.0. The smallest absolute Gasteiger partial charge is 0.115 e. The first-order valence-electron chi connectivity index (χ1n) is 7.90. The highest BCUT2D eigenvalue weighted by molar-refractivity contribution is 7.99. The van der Waals surface area contributed by atoms with Crippen molar-refractivity contribution >= 4 is 11.8 Å². The van der Waals surface area contributed by atoms with Crippen molar-refractivity contribution < 1.29 is 0 Å². The van der Waals surface area contributed by atoms with Gasteiger partial charge in [-0.2, -0.15) is 0 Å². The second-order valence-corrected chi connectivity index (χ2v) is 8.17. The summed E-state index contributed by atoms with van der Waals surface area (Å²) in [6.07, 6.45) is 7.59. The minimum atomic E-state index is 0.226. The summed E-state index contributed by atoms with van der Waals surface area (Å²) in [5.74, 6) is 1.79. The number of benzene rings is 1. The van der Waals surface area contributed by atoms with Crippen molar-refractivity contribution in [3.63, 3.8) is 0 Å². The first kappa shape index (κ1) is 17.0. The lowest BCUT2D eigenvalue weighted by atomic mass is 9.89. The van der Waals surface area contributed by atoms with Crippen LogP contribution in [0.3, 0.4) is 0 Å². The first-order chi connectivity index (χ1) is 10.4. The fraction of sp³-hybridized carbons (Fsp3) is 0.474. The third-order valence-corrected chi connectivity index (χ3v) is 4.98. The molecule has 1 aromatic carbocycles. The second-order valence-electron chi connectivity index (χ2n) is 7.12. The predicted octanol–water partition coefficient (Wildman–Crippen LogP) is 5.04. The van der Waals surface area contributed by atoms with Crippen molar-refractivity contribution in [2.45, 2.75) is 45.4 Å². The van der Waals surface area contributed by atoms with Crippen LogP contribution in [-0.4, -0.2) is 15.7 Å². The quantitative estimate of drug-likeness (QED) is 0.670. The van der Waals surface area contributed by atoms with Gasteiger partial charge in [0, 0.05) is 23.0 Å². The van der Waals surface area contributed by atoms with Crippen LogP contribution in [0.15, 0.2) is 47.9 Å². The molecule has 0 spiro atoms. The molecule has 0 saturated carbocycles. The number of aromatic nitrogens is 2. The molecule has 2 aromatic rings. The second kappa shape index (κ2) is 7.77. The fourth-order valence-electron chi connectivity index (χ4n) is 2.54. The van der Waals surface area contributed by atoms with Gasteiger partial charge in [0.05, 0.1) is 0 Å². The summed E-state index contributed by atoms with van der Waals surface area (Å²) in [6.45, 7) is 9.16. The van der Waals surface area contributed by atoms with Gasteiger partial charge in [0.2, 0.25) is 0 Å². The van der Waals surface area contributed by atoms with Crippen molar-refractivity contribution in [2.24, 2.45) is 11.3 Å². The summed E-state index contributed by atoms with van der Waals surface area (Å²) >= 11 is 1.95. The summed E-state index contributed by atoms with van der Waals surface area (Å²) in [6, 6.07) is 8.97. The highest BCUT2D eigenvalue weighted by atomic mass is 32.2. The van der Waals surface area contributed by atoms with E-state index in [0.717, 1.165) is 18.6 Å². The molecule has 0 unspecified atom stereocenters. The Hall–Kier alpha value is -1.35. The van der Waals surface area contributed by atoms with E-state index in [-0.39, 0.29) is 5.41 Å². The fourth-order valence-corrected chi connectivity index (χ4v) is 3.61. The molecule has 1 aromatic heterocycles. The van der Waals surface area contributed by atoms with Crippen LogP contribution in [0.4, 0.5) is 0 Å². The Balaban J connectivity index is 1.93. The van der Waals surface area contributed by atoms with Crippen LogP contribution in [0.25, 0.3) is 0 Å². The summed E-state index contributed by atoms with van der Waals surface area (Å²) in [4.78, 5) is 9.59. The largest absolute Gasteiger partial charge is 0.245 e. The lowest BCUT2D eigenvalue weighted by molar-refractivity contribution is 0.420. The normalized spacial score (nSPS) is 11.9. The highest BCUT2D eigenvalue weighted by Crippen LogP contribution is 2.31. The molecule has 0 radical (unpaired) electrons. The Morgan fingerprint density at radius 2 is 1.82 bits per heavy atom. The van der Waals surface area contributed by atoms with Gasteiger partial charge in [-0.05, 0) is 47.4 Å². The molecule has 2 rings (SSSR count). The number of hydrogen-bond donors (Lipinski definition) is 0. The van der Waals surface area contributed by atoms with Crippen molar-refractivity contribution in [1.29, 1.82) is 0 Å². The zero-order chi connectivity index (χ0) is 16.0. The maximum Gasteiger partial charge on any atom is 0.115 e. The molecule has 0 saturated heterocycles.